The van der Waals surface area contributed by atoms with Crippen LogP contribution in [0.15, 0.2) is 32.7 Å². The molecule has 4 aromatic rings. The molecule has 10 heteroatoms. The molecule has 1 aromatic carbocycles. The van der Waals surface area contributed by atoms with Gasteiger partial charge in [-0.25, -0.2) is 9.37 Å². The molecular weight excluding hydrogens is 463 g/mol. The van der Waals surface area contributed by atoms with Crippen LogP contribution >= 0.6 is 23.1 Å². The van der Waals surface area contributed by atoms with Crippen LogP contribution in [0.5, 0.6) is 0 Å². The normalized spacial score (nSPS) is 13.5. The second-order valence-electron chi connectivity index (χ2n) is 8.00. The van der Waals surface area contributed by atoms with Crippen molar-refractivity contribution in [3.05, 3.63) is 56.3 Å². The van der Waals surface area contributed by atoms with Gasteiger partial charge in [-0.15, -0.1) is 11.3 Å². The molecule has 0 amide bonds. The first kappa shape index (κ1) is 22.2. The highest BCUT2D eigenvalue weighted by Crippen LogP contribution is 2.35. The van der Waals surface area contributed by atoms with E-state index >= 15 is 0 Å². The lowest BCUT2D eigenvalue weighted by Crippen LogP contribution is -2.25. The van der Waals surface area contributed by atoms with Crippen LogP contribution in [-0.2, 0) is 29.9 Å². The van der Waals surface area contributed by atoms with Crippen molar-refractivity contribution in [2.24, 2.45) is 0 Å². The molecule has 7 nitrogen and oxygen atoms in total. The molecule has 5 rings (SSSR count). The van der Waals surface area contributed by atoms with E-state index in [1.807, 2.05) is 0 Å². The fourth-order valence-corrected chi connectivity index (χ4v) is 6.16. The van der Waals surface area contributed by atoms with Crippen molar-refractivity contribution in [2.75, 3.05) is 13.7 Å². The van der Waals surface area contributed by atoms with E-state index in [1.165, 1.54) is 28.3 Å². The predicted molar refractivity (Wildman–Crippen MR) is 126 cm³/mol. The van der Waals surface area contributed by atoms with Gasteiger partial charge in [0.2, 0.25) is 11.7 Å². The molecule has 3 aromatic heterocycles. The van der Waals surface area contributed by atoms with Crippen molar-refractivity contribution < 1.29 is 13.7 Å². The summed E-state index contributed by atoms with van der Waals surface area (Å²) in [6.45, 7) is 2.54. The fourth-order valence-electron chi connectivity index (χ4n) is 4.00. The van der Waals surface area contributed by atoms with E-state index < -0.39 is 0 Å². The summed E-state index contributed by atoms with van der Waals surface area (Å²) in [6, 6.07) is 4.84. The lowest BCUT2D eigenvalue weighted by atomic mass is 9.97. The third-order valence-electron chi connectivity index (χ3n) is 5.78. The number of nitrogens with zero attached hydrogens (tertiary/aromatic N) is 4. The molecule has 0 N–H and O–H groups in total. The highest BCUT2D eigenvalue weighted by atomic mass is 32.2. The van der Waals surface area contributed by atoms with Gasteiger partial charge < -0.3 is 9.26 Å². The first-order chi connectivity index (χ1) is 16.0. The summed E-state index contributed by atoms with van der Waals surface area (Å²) >= 11 is 3.00. The van der Waals surface area contributed by atoms with Crippen LogP contribution in [-0.4, -0.2) is 33.4 Å². The average molecular weight is 487 g/mol. The Morgan fingerprint density at radius 3 is 2.94 bits per heavy atom. The van der Waals surface area contributed by atoms with Crippen molar-refractivity contribution in [3.8, 4) is 11.4 Å². The van der Waals surface area contributed by atoms with E-state index in [1.54, 1.807) is 42.1 Å². The van der Waals surface area contributed by atoms with Crippen LogP contribution in [0.2, 0.25) is 0 Å². The SMILES string of the molecule is COCCn1c(SCc2nc(-c3ccc(C)c(F)c3)no2)nc2sc3c(c2c1=O)CCCC3. The monoisotopic (exact) mass is 486 g/mol. The number of aryl methyl sites for hydroxylation is 3. The molecule has 0 saturated carbocycles. The number of thioether (sulfide) groups is 1. The molecular formula is C23H23FN4O3S2. The highest BCUT2D eigenvalue weighted by molar-refractivity contribution is 7.98. The van der Waals surface area contributed by atoms with Gasteiger partial charge in [0.15, 0.2) is 5.16 Å². The number of aromatic nitrogens is 4. The Labute approximate surface area is 198 Å². The smallest absolute Gasteiger partial charge is 0.263 e. The summed E-state index contributed by atoms with van der Waals surface area (Å²) in [6.07, 6.45) is 4.22. The number of benzene rings is 1. The number of thiophene rings is 1. The predicted octanol–water partition coefficient (Wildman–Crippen LogP) is 4.77. The number of ether oxygens (including phenoxy) is 1. The minimum absolute atomic E-state index is 0.0136. The lowest BCUT2D eigenvalue weighted by molar-refractivity contribution is 0.183. The second-order valence-corrected chi connectivity index (χ2v) is 10.0. The van der Waals surface area contributed by atoms with Crippen LogP contribution in [0.3, 0.4) is 0 Å². The first-order valence-corrected chi connectivity index (χ1v) is 12.6. The average Bonchev–Trinajstić information content (AvgIpc) is 3.43. The van der Waals surface area contributed by atoms with Crippen molar-refractivity contribution in [1.82, 2.24) is 19.7 Å². The van der Waals surface area contributed by atoms with Gasteiger partial charge in [-0.3, -0.25) is 9.36 Å². The van der Waals surface area contributed by atoms with Gasteiger partial charge in [0.25, 0.3) is 5.56 Å². The molecule has 0 aliphatic heterocycles. The summed E-state index contributed by atoms with van der Waals surface area (Å²) in [7, 11) is 1.62. The zero-order chi connectivity index (χ0) is 22.9. The largest absolute Gasteiger partial charge is 0.383 e. The molecule has 33 heavy (non-hydrogen) atoms. The summed E-state index contributed by atoms with van der Waals surface area (Å²) in [5.74, 6) is 0.744. The molecule has 0 saturated heterocycles. The van der Waals surface area contributed by atoms with E-state index in [2.05, 4.69) is 10.1 Å². The fraction of sp³-hybridized carbons (Fsp3) is 0.391. The molecule has 1 aliphatic carbocycles. The van der Waals surface area contributed by atoms with Crippen molar-refractivity contribution >= 4 is 33.3 Å². The van der Waals surface area contributed by atoms with Crippen LogP contribution < -0.4 is 5.56 Å². The second kappa shape index (κ2) is 9.36. The molecule has 0 spiro atoms. The molecule has 0 unspecified atom stereocenters. The zero-order valence-electron chi connectivity index (χ0n) is 18.4. The molecule has 0 radical (unpaired) electrons. The Kier molecular flexibility index (Phi) is 6.31. The van der Waals surface area contributed by atoms with Crippen molar-refractivity contribution in [2.45, 2.75) is 50.1 Å². The maximum absolute atomic E-state index is 13.9. The molecule has 1 aliphatic rings. The maximum Gasteiger partial charge on any atom is 0.263 e. The standard InChI is InChI=1S/C23H23FN4O3S2/c1-13-7-8-14(11-16(13)24)20-25-18(31-27-20)12-32-23-26-21-19(22(29)28(23)9-10-30-2)15-5-3-4-6-17(15)33-21/h7-8,11H,3-6,9-10,12H2,1-2H3. The van der Waals surface area contributed by atoms with E-state index in [9.17, 15) is 9.18 Å². The number of hydrogen-bond acceptors (Lipinski definition) is 8. The summed E-state index contributed by atoms with van der Waals surface area (Å²) in [5, 5.41) is 5.34. The number of rotatable bonds is 7. The quantitative estimate of drug-likeness (QED) is 0.275. The number of methoxy groups -OCH3 is 1. The van der Waals surface area contributed by atoms with Crippen LogP contribution in [0.1, 0.15) is 34.7 Å². The van der Waals surface area contributed by atoms with Crippen molar-refractivity contribution in [1.29, 1.82) is 0 Å². The van der Waals surface area contributed by atoms with Gasteiger partial charge in [-0.2, -0.15) is 4.98 Å². The summed E-state index contributed by atoms with van der Waals surface area (Å²) in [4.78, 5) is 24.7. The van der Waals surface area contributed by atoms with E-state index in [-0.39, 0.29) is 11.4 Å². The molecule has 3 heterocycles. The van der Waals surface area contributed by atoms with E-state index in [4.69, 9.17) is 14.2 Å². The first-order valence-electron chi connectivity index (χ1n) is 10.8. The Bertz CT molecular complexity index is 1380. The molecule has 0 fully saturated rings. The zero-order valence-corrected chi connectivity index (χ0v) is 20.0. The maximum atomic E-state index is 13.9. The molecule has 0 atom stereocenters. The number of halogens is 1. The Morgan fingerprint density at radius 1 is 1.27 bits per heavy atom. The van der Waals surface area contributed by atoms with Crippen molar-refractivity contribution in [3.63, 3.8) is 0 Å². The Morgan fingerprint density at radius 2 is 2.12 bits per heavy atom. The van der Waals surface area contributed by atoms with Gasteiger partial charge in [0, 0.05) is 17.6 Å². The molecule has 172 valence electrons. The number of hydrogen-bond donors (Lipinski definition) is 0. The van der Waals surface area contributed by atoms with Crippen LogP contribution in [0.25, 0.3) is 21.6 Å². The molecule has 0 bridgehead atoms. The third kappa shape index (κ3) is 4.34. The van der Waals surface area contributed by atoms with Gasteiger partial charge in [-0.1, -0.05) is 29.1 Å². The number of fused-ring (bicyclic) bond motifs is 3. The minimum Gasteiger partial charge on any atom is -0.383 e. The van der Waals surface area contributed by atoms with Gasteiger partial charge in [-0.05, 0) is 49.8 Å². The van der Waals surface area contributed by atoms with Crippen LogP contribution in [0.4, 0.5) is 4.39 Å². The summed E-state index contributed by atoms with van der Waals surface area (Å²) < 4.78 is 26.2. The highest BCUT2D eigenvalue weighted by Gasteiger charge is 2.22. The topological polar surface area (TPSA) is 83.0 Å². The third-order valence-corrected chi connectivity index (χ3v) is 7.93. The van der Waals surface area contributed by atoms with Crippen LogP contribution in [0, 0.1) is 12.7 Å². The Hall–Kier alpha value is -2.56. The lowest BCUT2D eigenvalue weighted by Gasteiger charge is -2.12. The van der Waals surface area contributed by atoms with E-state index in [0.717, 1.165) is 35.9 Å². The van der Waals surface area contributed by atoms with E-state index in [0.29, 0.717) is 46.9 Å². The minimum atomic E-state index is -0.313. The summed E-state index contributed by atoms with van der Waals surface area (Å²) in [5.41, 5.74) is 2.27. The van der Waals surface area contributed by atoms with Gasteiger partial charge >= 0.3 is 0 Å². The van der Waals surface area contributed by atoms with Gasteiger partial charge in [0.05, 0.1) is 24.3 Å². The Balaban J connectivity index is 1.44. The van der Waals surface area contributed by atoms with Gasteiger partial charge in [0.1, 0.15) is 10.6 Å².